The van der Waals surface area contributed by atoms with E-state index < -0.39 is 4.92 Å². The van der Waals surface area contributed by atoms with Gasteiger partial charge in [0.05, 0.1) is 16.6 Å². The monoisotopic (exact) mass is 284 g/mol. The zero-order valence-corrected chi connectivity index (χ0v) is 11.2. The normalized spacial score (nSPS) is 9.90. The smallest absolute Gasteiger partial charge is 0.312 e. The third kappa shape index (κ3) is 3.32. The molecule has 0 amide bonds. The number of hydrogen-bond acceptors (Lipinski definition) is 6. The maximum atomic E-state index is 11.1. The summed E-state index contributed by atoms with van der Waals surface area (Å²) in [5.74, 6) is 0.342. The van der Waals surface area contributed by atoms with Crippen LogP contribution in [0.2, 0.25) is 0 Å². The Bertz CT molecular complexity index is 710. The average Bonchev–Trinajstić information content (AvgIpc) is 2.49. The lowest BCUT2D eigenvalue weighted by atomic mass is 10.2. The minimum absolute atomic E-state index is 0.0510. The fourth-order valence-corrected chi connectivity index (χ4v) is 1.76. The van der Waals surface area contributed by atoms with E-state index in [2.05, 4.69) is 10.3 Å². The molecule has 1 heterocycles. The summed E-state index contributed by atoms with van der Waals surface area (Å²) in [7, 11) is 1.78. The van der Waals surface area contributed by atoms with Crippen molar-refractivity contribution in [3.05, 3.63) is 57.8 Å². The molecule has 0 spiro atoms. The summed E-state index contributed by atoms with van der Waals surface area (Å²) in [6.45, 7) is 0.521. The Hall–Kier alpha value is -2.98. The van der Waals surface area contributed by atoms with E-state index in [1.807, 2.05) is 12.1 Å². The number of nitriles is 1. The minimum Gasteiger partial charge on any atom is -0.431 e. The molecule has 1 N–H and O–H groups in total. The van der Waals surface area contributed by atoms with Crippen LogP contribution in [0.4, 0.5) is 5.69 Å². The second-order valence-electron chi connectivity index (χ2n) is 4.15. The molecule has 0 saturated carbocycles. The lowest BCUT2D eigenvalue weighted by Crippen LogP contribution is -2.07. The van der Waals surface area contributed by atoms with Crippen molar-refractivity contribution in [1.82, 2.24) is 10.3 Å². The number of ether oxygens (including phenoxy) is 1. The Balaban J connectivity index is 2.40. The fourth-order valence-electron chi connectivity index (χ4n) is 1.76. The molecular formula is C14H12N4O3. The molecule has 0 atom stereocenters. The molecule has 7 heteroatoms. The highest BCUT2D eigenvalue weighted by Crippen LogP contribution is 2.32. The zero-order chi connectivity index (χ0) is 15.2. The first kappa shape index (κ1) is 14.4. The van der Waals surface area contributed by atoms with Crippen LogP contribution in [0.3, 0.4) is 0 Å². The lowest BCUT2D eigenvalue weighted by molar-refractivity contribution is -0.385. The van der Waals surface area contributed by atoms with Crippen LogP contribution in [0, 0.1) is 21.4 Å². The van der Waals surface area contributed by atoms with Crippen molar-refractivity contribution >= 4 is 5.69 Å². The van der Waals surface area contributed by atoms with Crippen molar-refractivity contribution in [2.24, 2.45) is 0 Å². The molecule has 2 aromatic rings. The predicted octanol–water partition coefficient (Wildman–Crippen LogP) is 2.37. The highest BCUT2D eigenvalue weighted by molar-refractivity contribution is 5.53. The van der Waals surface area contributed by atoms with E-state index in [-0.39, 0.29) is 17.0 Å². The van der Waals surface area contributed by atoms with Gasteiger partial charge in [0.1, 0.15) is 0 Å². The molecule has 106 valence electrons. The number of nitro benzene ring substituents is 1. The molecule has 0 saturated heterocycles. The first-order valence-corrected chi connectivity index (χ1v) is 6.10. The van der Waals surface area contributed by atoms with E-state index >= 15 is 0 Å². The molecule has 0 unspecified atom stereocenters. The van der Waals surface area contributed by atoms with Crippen molar-refractivity contribution in [3.63, 3.8) is 0 Å². The van der Waals surface area contributed by atoms with Crippen molar-refractivity contribution in [1.29, 1.82) is 5.26 Å². The summed E-state index contributed by atoms with van der Waals surface area (Å²) < 4.78 is 5.55. The lowest BCUT2D eigenvalue weighted by Gasteiger charge is -2.09. The first-order chi connectivity index (χ1) is 10.2. The van der Waals surface area contributed by atoms with Crippen LogP contribution < -0.4 is 10.1 Å². The quantitative estimate of drug-likeness (QED) is 0.668. The van der Waals surface area contributed by atoms with Gasteiger partial charge < -0.3 is 10.1 Å². The molecular weight excluding hydrogens is 272 g/mol. The van der Waals surface area contributed by atoms with Crippen LogP contribution in [0.15, 0.2) is 36.5 Å². The SMILES string of the molecule is CNCc1cccnc1Oc1ccc(C#N)cc1[N+](=O)[O-]. The van der Waals surface area contributed by atoms with Crippen LogP contribution in [-0.2, 0) is 6.54 Å². The van der Waals surface area contributed by atoms with Crippen LogP contribution in [0.5, 0.6) is 11.6 Å². The Kier molecular flexibility index (Phi) is 4.43. The van der Waals surface area contributed by atoms with E-state index in [1.54, 1.807) is 19.3 Å². The molecule has 1 aromatic carbocycles. The molecule has 0 aliphatic rings. The molecule has 0 fully saturated rings. The first-order valence-electron chi connectivity index (χ1n) is 6.10. The maximum Gasteiger partial charge on any atom is 0.312 e. The zero-order valence-electron chi connectivity index (χ0n) is 11.2. The number of hydrogen-bond donors (Lipinski definition) is 1. The van der Waals surface area contributed by atoms with Gasteiger partial charge in [0.15, 0.2) is 0 Å². The predicted molar refractivity (Wildman–Crippen MR) is 74.9 cm³/mol. The highest BCUT2D eigenvalue weighted by Gasteiger charge is 2.18. The van der Waals surface area contributed by atoms with Gasteiger partial charge in [-0.1, -0.05) is 6.07 Å². The second kappa shape index (κ2) is 6.45. The van der Waals surface area contributed by atoms with Crippen LogP contribution >= 0.6 is 0 Å². The summed E-state index contributed by atoms with van der Waals surface area (Å²) >= 11 is 0. The van der Waals surface area contributed by atoms with Crippen molar-refractivity contribution in [3.8, 4) is 17.7 Å². The van der Waals surface area contributed by atoms with Gasteiger partial charge in [0, 0.05) is 24.4 Å². The van der Waals surface area contributed by atoms with Crippen molar-refractivity contribution in [2.45, 2.75) is 6.54 Å². The van der Waals surface area contributed by atoms with Gasteiger partial charge in [-0.2, -0.15) is 5.26 Å². The standard InChI is InChI=1S/C14H12N4O3/c1-16-9-11-3-2-6-17-14(11)21-13-5-4-10(8-15)7-12(13)18(19)20/h2-7,16H,9H2,1H3. The number of nitrogens with zero attached hydrogens (tertiary/aromatic N) is 3. The summed E-state index contributed by atoms with van der Waals surface area (Å²) in [4.78, 5) is 14.6. The summed E-state index contributed by atoms with van der Waals surface area (Å²) in [6, 6.07) is 9.47. The van der Waals surface area contributed by atoms with Gasteiger partial charge in [-0.25, -0.2) is 4.98 Å². The van der Waals surface area contributed by atoms with E-state index in [9.17, 15) is 10.1 Å². The molecule has 7 nitrogen and oxygen atoms in total. The molecule has 2 rings (SSSR count). The molecule has 0 aliphatic carbocycles. The number of nitrogens with one attached hydrogen (secondary N) is 1. The Morgan fingerprint density at radius 3 is 2.95 bits per heavy atom. The number of pyridine rings is 1. The van der Waals surface area contributed by atoms with Gasteiger partial charge in [0.2, 0.25) is 11.6 Å². The molecule has 21 heavy (non-hydrogen) atoms. The van der Waals surface area contributed by atoms with Crippen LogP contribution in [-0.4, -0.2) is 17.0 Å². The molecule has 1 aromatic heterocycles. The molecule has 0 radical (unpaired) electrons. The maximum absolute atomic E-state index is 11.1. The van der Waals surface area contributed by atoms with Crippen molar-refractivity contribution in [2.75, 3.05) is 7.05 Å². The van der Waals surface area contributed by atoms with E-state index in [4.69, 9.17) is 10.00 Å². The van der Waals surface area contributed by atoms with Gasteiger partial charge in [-0.15, -0.1) is 0 Å². The summed E-state index contributed by atoms with van der Waals surface area (Å²) in [5.41, 5.74) is 0.708. The third-order valence-corrected chi connectivity index (χ3v) is 2.71. The second-order valence-corrected chi connectivity index (χ2v) is 4.15. The number of benzene rings is 1. The molecule has 0 aliphatic heterocycles. The Morgan fingerprint density at radius 1 is 1.48 bits per heavy atom. The summed E-state index contributed by atoms with van der Waals surface area (Å²) in [5, 5.41) is 22.8. The minimum atomic E-state index is -0.586. The van der Waals surface area contributed by atoms with E-state index in [1.165, 1.54) is 18.2 Å². The van der Waals surface area contributed by atoms with E-state index in [0.717, 1.165) is 5.56 Å². The topological polar surface area (TPSA) is 101 Å². The van der Waals surface area contributed by atoms with E-state index in [0.29, 0.717) is 12.4 Å². The van der Waals surface area contributed by atoms with Crippen LogP contribution in [0.1, 0.15) is 11.1 Å². The van der Waals surface area contributed by atoms with Gasteiger partial charge >= 0.3 is 5.69 Å². The molecule has 0 bridgehead atoms. The Labute approximate surface area is 121 Å². The number of aromatic nitrogens is 1. The van der Waals surface area contributed by atoms with Gasteiger partial charge in [0.25, 0.3) is 0 Å². The highest BCUT2D eigenvalue weighted by atomic mass is 16.6. The van der Waals surface area contributed by atoms with Crippen LogP contribution in [0.25, 0.3) is 0 Å². The number of rotatable bonds is 5. The average molecular weight is 284 g/mol. The summed E-state index contributed by atoms with van der Waals surface area (Å²) in [6.07, 6.45) is 1.55. The number of nitro groups is 1. The largest absolute Gasteiger partial charge is 0.431 e. The third-order valence-electron chi connectivity index (χ3n) is 2.71. The van der Waals surface area contributed by atoms with Crippen molar-refractivity contribution < 1.29 is 9.66 Å². The Morgan fingerprint density at radius 2 is 2.29 bits per heavy atom. The van der Waals surface area contributed by atoms with Gasteiger partial charge in [-0.3, -0.25) is 10.1 Å². The fraction of sp³-hybridized carbons (Fsp3) is 0.143. The van der Waals surface area contributed by atoms with Gasteiger partial charge in [-0.05, 0) is 25.2 Å².